The zero-order chi connectivity index (χ0) is 41.7. The summed E-state index contributed by atoms with van der Waals surface area (Å²) >= 11 is 0. The largest absolute Gasteiger partial charge is 0.417 e. The molecule has 7 heteroatoms. The second kappa shape index (κ2) is 15.2. The van der Waals surface area contributed by atoms with Crippen molar-refractivity contribution in [1.82, 2.24) is 19.5 Å². The lowest BCUT2D eigenvalue weighted by atomic mass is 9.96. The van der Waals surface area contributed by atoms with Gasteiger partial charge in [0.15, 0.2) is 17.5 Å². The van der Waals surface area contributed by atoms with Gasteiger partial charge in [0.1, 0.15) is 0 Å². The number of hydrogen-bond donors (Lipinski definition) is 0. The van der Waals surface area contributed by atoms with Crippen molar-refractivity contribution >= 4 is 21.8 Å². The first-order chi connectivity index (χ1) is 29.7. The van der Waals surface area contributed by atoms with Gasteiger partial charge in [-0.2, -0.15) is 13.2 Å². The molecule has 0 aliphatic heterocycles. The zero-order valence-electron chi connectivity index (χ0n) is 33.3. The highest BCUT2D eigenvalue weighted by Gasteiger charge is 2.33. The lowest BCUT2D eigenvalue weighted by molar-refractivity contribution is -0.137. The van der Waals surface area contributed by atoms with Crippen molar-refractivity contribution in [3.8, 4) is 73.2 Å². The SMILES string of the molecule is Cc1ccc(-c2ccc3c4ccc(-c5ccc(C)cc5)cc4n(-c4cc(-c5ccccc5C(F)(F)F)ccc4-c4nc(-c5ccccc5)nc(-c5ccccc5)n4)c3c2)cc1. The van der Waals surface area contributed by atoms with Gasteiger partial charge in [0, 0.05) is 27.5 Å². The molecule has 8 aromatic carbocycles. The van der Waals surface area contributed by atoms with E-state index in [1.807, 2.05) is 72.8 Å². The molecule has 4 nitrogen and oxygen atoms in total. The minimum Gasteiger partial charge on any atom is -0.308 e. The number of hydrogen-bond acceptors (Lipinski definition) is 3. The highest BCUT2D eigenvalue weighted by Crippen LogP contribution is 2.43. The van der Waals surface area contributed by atoms with Gasteiger partial charge in [0.2, 0.25) is 0 Å². The van der Waals surface area contributed by atoms with Crippen molar-refractivity contribution in [1.29, 1.82) is 0 Å². The van der Waals surface area contributed by atoms with Crippen LogP contribution in [0.2, 0.25) is 0 Å². The van der Waals surface area contributed by atoms with Crippen LogP contribution in [0.25, 0.3) is 95.0 Å². The third kappa shape index (κ3) is 7.14. The van der Waals surface area contributed by atoms with Crippen LogP contribution >= 0.6 is 0 Å². The summed E-state index contributed by atoms with van der Waals surface area (Å²) in [6, 6.07) is 60.3. The lowest BCUT2D eigenvalue weighted by Gasteiger charge is -2.18. The number of aromatic nitrogens is 4. The van der Waals surface area contributed by atoms with Gasteiger partial charge >= 0.3 is 6.18 Å². The van der Waals surface area contributed by atoms with Gasteiger partial charge in [-0.05, 0) is 77.6 Å². The fourth-order valence-corrected chi connectivity index (χ4v) is 8.11. The van der Waals surface area contributed by atoms with Crippen LogP contribution in [-0.2, 0) is 6.18 Å². The van der Waals surface area contributed by atoms with E-state index in [0.29, 0.717) is 34.3 Å². The maximum atomic E-state index is 14.7. The van der Waals surface area contributed by atoms with E-state index in [1.54, 1.807) is 12.1 Å². The average molecular weight is 799 g/mol. The Morgan fingerprint density at radius 1 is 0.377 bits per heavy atom. The smallest absolute Gasteiger partial charge is 0.308 e. The first-order valence-electron chi connectivity index (χ1n) is 20.1. The molecule has 0 bridgehead atoms. The summed E-state index contributed by atoms with van der Waals surface area (Å²) in [6.07, 6.45) is -4.57. The van der Waals surface area contributed by atoms with E-state index in [-0.39, 0.29) is 5.56 Å². The predicted octanol–water partition coefficient (Wildman–Crippen LogP) is 14.6. The molecule has 0 fully saturated rings. The number of halogens is 3. The molecule has 0 aliphatic carbocycles. The molecule has 0 saturated carbocycles. The van der Waals surface area contributed by atoms with Crippen LogP contribution < -0.4 is 0 Å². The van der Waals surface area contributed by atoms with E-state index in [0.717, 1.165) is 72.4 Å². The molecule has 10 rings (SSSR count). The van der Waals surface area contributed by atoms with Gasteiger partial charge < -0.3 is 4.57 Å². The second-order valence-electron chi connectivity index (χ2n) is 15.3. The Hall–Kier alpha value is -7.64. The molecule has 0 saturated heterocycles. The van der Waals surface area contributed by atoms with Crippen molar-refractivity contribution in [3.05, 3.63) is 205 Å². The van der Waals surface area contributed by atoms with Crippen LogP contribution in [0.4, 0.5) is 13.2 Å². The third-order valence-electron chi connectivity index (χ3n) is 11.3. The maximum absolute atomic E-state index is 14.7. The van der Waals surface area contributed by atoms with Crippen LogP contribution in [-0.4, -0.2) is 19.5 Å². The van der Waals surface area contributed by atoms with Gasteiger partial charge in [-0.25, -0.2) is 15.0 Å². The minimum absolute atomic E-state index is 0.0786. The molecular weight excluding hydrogens is 762 g/mol. The van der Waals surface area contributed by atoms with E-state index in [1.165, 1.54) is 12.1 Å². The topological polar surface area (TPSA) is 43.6 Å². The van der Waals surface area contributed by atoms with E-state index in [9.17, 15) is 13.2 Å². The molecule has 2 heterocycles. The molecule has 0 radical (unpaired) electrons. The summed E-state index contributed by atoms with van der Waals surface area (Å²) in [5, 5.41) is 2.00. The molecular formula is C54H37F3N4. The molecule has 294 valence electrons. The van der Waals surface area contributed by atoms with E-state index >= 15 is 0 Å². The van der Waals surface area contributed by atoms with Crippen LogP contribution in [0.3, 0.4) is 0 Å². The van der Waals surface area contributed by atoms with E-state index < -0.39 is 11.7 Å². The first kappa shape index (κ1) is 37.6. The highest BCUT2D eigenvalue weighted by molar-refractivity contribution is 6.11. The normalized spacial score (nSPS) is 11.7. The van der Waals surface area contributed by atoms with Gasteiger partial charge in [-0.3, -0.25) is 0 Å². The van der Waals surface area contributed by atoms with Crippen LogP contribution in [0.1, 0.15) is 16.7 Å². The Morgan fingerprint density at radius 2 is 0.820 bits per heavy atom. The predicted molar refractivity (Wildman–Crippen MR) is 241 cm³/mol. The van der Waals surface area contributed by atoms with Gasteiger partial charge in [-0.1, -0.05) is 169 Å². The summed E-state index contributed by atoms with van der Waals surface area (Å²) in [5.41, 5.74) is 10.9. The Morgan fingerprint density at radius 3 is 1.33 bits per heavy atom. The molecule has 0 spiro atoms. The molecule has 61 heavy (non-hydrogen) atoms. The molecule has 0 unspecified atom stereocenters. The fraction of sp³-hybridized carbons (Fsp3) is 0.0556. The highest BCUT2D eigenvalue weighted by atomic mass is 19.4. The molecule has 0 amide bonds. The Kier molecular flexibility index (Phi) is 9.37. The van der Waals surface area contributed by atoms with Gasteiger partial charge in [-0.15, -0.1) is 0 Å². The number of alkyl halides is 3. The molecule has 10 aromatic rings. The molecule has 0 aliphatic rings. The summed E-state index contributed by atoms with van der Waals surface area (Å²) < 4.78 is 46.3. The number of benzene rings is 8. The van der Waals surface area contributed by atoms with Crippen molar-refractivity contribution in [2.75, 3.05) is 0 Å². The molecule has 0 N–H and O–H groups in total. The number of nitrogens with zero attached hydrogens (tertiary/aromatic N) is 4. The zero-order valence-corrected chi connectivity index (χ0v) is 33.3. The first-order valence-corrected chi connectivity index (χ1v) is 20.1. The summed E-state index contributed by atoms with van der Waals surface area (Å²) in [7, 11) is 0. The third-order valence-corrected chi connectivity index (χ3v) is 11.3. The summed E-state index contributed by atoms with van der Waals surface area (Å²) in [6.45, 7) is 4.13. The number of aryl methyl sites for hydroxylation is 2. The Bertz CT molecular complexity index is 3070. The Balaban J connectivity index is 1.32. The van der Waals surface area contributed by atoms with Crippen LogP contribution in [0.15, 0.2) is 188 Å². The second-order valence-corrected chi connectivity index (χ2v) is 15.3. The van der Waals surface area contributed by atoms with Gasteiger partial charge in [0.25, 0.3) is 0 Å². The average Bonchev–Trinajstić information content (AvgIpc) is 3.62. The summed E-state index contributed by atoms with van der Waals surface area (Å²) in [4.78, 5) is 15.2. The number of rotatable bonds is 7. The van der Waals surface area contributed by atoms with Crippen molar-refractivity contribution < 1.29 is 13.2 Å². The van der Waals surface area contributed by atoms with Crippen molar-refractivity contribution in [2.45, 2.75) is 20.0 Å². The summed E-state index contributed by atoms with van der Waals surface area (Å²) in [5.74, 6) is 1.35. The molecule has 2 aromatic heterocycles. The molecule has 0 atom stereocenters. The quantitative estimate of drug-likeness (QED) is 0.161. The van der Waals surface area contributed by atoms with Crippen LogP contribution in [0.5, 0.6) is 0 Å². The lowest BCUT2D eigenvalue weighted by Crippen LogP contribution is -2.07. The van der Waals surface area contributed by atoms with Gasteiger partial charge in [0.05, 0.1) is 22.3 Å². The minimum atomic E-state index is -4.57. The number of fused-ring (bicyclic) bond motifs is 3. The van der Waals surface area contributed by atoms with E-state index in [4.69, 9.17) is 15.0 Å². The van der Waals surface area contributed by atoms with Crippen molar-refractivity contribution in [2.24, 2.45) is 0 Å². The monoisotopic (exact) mass is 798 g/mol. The standard InChI is InChI=1S/C54H37F3N4/c1-34-17-21-36(22-18-34)40-25-28-44-45-29-26-41(37-23-19-35(2)20-24-37)32-49(45)61(48(44)31-40)50-33-42(43-15-9-10-16-47(43)54(55,56)57)27-30-46(50)53-59-51(38-11-5-3-6-12-38)58-52(60-53)39-13-7-4-8-14-39/h3-33H,1-2H3. The van der Waals surface area contributed by atoms with Crippen LogP contribution in [0, 0.1) is 13.8 Å². The Labute approximate surface area is 351 Å². The maximum Gasteiger partial charge on any atom is 0.417 e. The fourth-order valence-electron chi connectivity index (χ4n) is 8.11. The van der Waals surface area contributed by atoms with Crippen molar-refractivity contribution in [3.63, 3.8) is 0 Å². The van der Waals surface area contributed by atoms with E-state index in [2.05, 4.69) is 103 Å².